The molecule has 1 aliphatic heterocycles. The first-order chi connectivity index (χ1) is 9.16. The molecule has 1 aliphatic rings. The van der Waals surface area contributed by atoms with E-state index < -0.39 is 0 Å². The van der Waals surface area contributed by atoms with Gasteiger partial charge in [-0.15, -0.1) is 0 Å². The van der Waals surface area contributed by atoms with E-state index in [1.807, 2.05) is 18.7 Å². The summed E-state index contributed by atoms with van der Waals surface area (Å²) in [5.41, 5.74) is 2.13. The Morgan fingerprint density at radius 2 is 2.10 bits per heavy atom. The van der Waals surface area contributed by atoms with Gasteiger partial charge in [0.1, 0.15) is 0 Å². The maximum Gasteiger partial charge on any atom is 0.0681 e. The van der Waals surface area contributed by atoms with E-state index >= 15 is 0 Å². The van der Waals surface area contributed by atoms with Crippen LogP contribution in [0.25, 0.3) is 0 Å². The third-order valence-corrected chi connectivity index (χ3v) is 4.33. The SMILES string of the molecule is CCNC(c1cc(C)nn1C)C1CC(C)(C)OC1(C)C. The van der Waals surface area contributed by atoms with Crippen molar-refractivity contribution in [2.75, 3.05) is 6.54 Å². The number of aromatic nitrogens is 2. The molecular formula is C16H29N3O. The van der Waals surface area contributed by atoms with Crippen LogP contribution in [0.3, 0.4) is 0 Å². The Morgan fingerprint density at radius 1 is 1.45 bits per heavy atom. The lowest BCUT2D eigenvalue weighted by Crippen LogP contribution is -2.39. The molecule has 0 radical (unpaired) electrons. The van der Waals surface area contributed by atoms with E-state index in [0.717, 1.165) is 18.7 Å². The summed E-state index contributed by atoms with van der Waals surface area (Å²) < 4.78 is 8.28. The predicted octanol–water partition coefficient (Wildman–Crippen LogP) is 2.97. The van der Waals surface area contributed by atoms with Gasteiger partial charge in [-0.3, -0.25) is 4.68 Å². The Kier molecular flexibility index (Phi) is 4.00. The third-order valence-electron chi connectivity index (χ3n) is 4.33. The maximum atomic E-state index is 6.27. The molecule has 20 heavy (non-hydrogen) atoms. The Hall–Kier alpha value is -0.870. The molecule has 4 nitrogen and oxygen atoms in total. The number of nitrogens with one attached hydrogen (secondary N) is 1. The van der Waals surface area contributed by atoms with Gasteiger partial charge in [0, 0.05) is 13.0 Å². The first kappa shape index (κ1) is 15.5. The highest BCUT2D eigenvalue weighted by Gasteiger charge is 2.49. The van der Waals surface area contributed by atoms with Gasteiger partial charge in [-0.05, 0) is 53.7 Å². The van der Waals surface area contributed by atoms with Crippen molar-refractivity contribution in [3.63, 3.8) is 0 Å². The van der Waals surface area contributed by atoms with E-state index in [1.54, 1.807) is 0 Å². The van der Waals surface area contributed by atoms with Gasteiger partial charge < -0.3 is 10.1 Å². The minimum atomic E-state index is -0.130. The van der Waals surface area contributed by atoms with Gasteiger partial charge >= 0.3 is 0 Å². The van der Waals surface area contributed by atoms with E-state index in [-0.39, 0.29) is 17.2 Å². The minimum absolute atomic E-state index is 0.0600. The van der Waals surface area contributed by atoms with Crippen LogP contribution in [-0.2, 0) is 11.8 Å². The van der Waals surface area contributed by atoms with E-state index in [1.165, 1.54) is 5.69 Å². The lowest BCUT2D eigenvalue weighted by atomic mass is 9.80. The molecule has 0 amide bonds. The molecule has 0 aromatic carbocycles. The number of aryl methyl sites for hydroxylation is 2. The summed E-state index contributed by atoms with van der Waals surface area (Å²) in [6.45, 7) is 13.9. The van der Waals surface area contributed by atoms with Crippen molar-refractivity contribution in [2.24, 2.45) is 13.0 Å². The zero-order chi connectivity index (χ0) is 15.1. The fourth-order valence-electron chi connectivity index (χ4n) is 3.72. The van der Waals surface area contributed by atoms with Crippen molar-refractivity contribution < 1.29 is 4.74 Å². The van der Waals surface area contributed by atoms with Gasteiger partial charge in [-0.1, -0.05) is 6.92 Å². The fourth-order valence-corrected chi connectivity index (χ4v) is 3.72. The first-order valence-corrected chi connectivity index (χ1v) is 7.60. The molecule has 4 heteroatoms. The van der Waals surface area contributed by atoms with Crippen LogP contribution in [-0.4, -0.2) is 27.5 Å². The summed E-state index contributed by atoms with van der Waals surface area (Å²) >= 11 is 0. The lowest BCUT2D eigenvalue weighted by molar-refractivity contribution is -0.0780. The number of rotatable bonds is 4. The topological polar surface area (TPSA) is 39.1 Å². The van der Waals surface area contributed by atoms with Gasteiger partial charge in [0.25, 0.3) is 0 Å². The summed E-state index contributed by atoms with van der Waals surface area (Å²) in [4.78, 5) is 0. The van der Waals surface area contributed by atoms with Gasteiger partial charge in [0.2, 0.25) is 0 Å². The van der Waals surface area contributed by atoms with Crippen molar-refractivity contribution in [3.05, 3.63) is 17.5 Å². The normalized spacial score (nSPS) is 25.9. The van der Waals surface area contributed by atoms with Crippen molar-refractivity contribution >= 4 is 0 Å². The van der Waals surface area contributed by atoms with Crippen LogP contribution in [0.15, 0.2) is 6.07 Å². The Labute approximate surface area is 122 Å². The van der Waals surface area contributed by atoms with Crippen LogP contribution >= 0.6 is 0 Å². The molecule has 2 heterocycles. The van der Waals surface area contributed by atoms with Crippen LogP contribution in [0.1, 0.15) is 58.5 Å². The highest BCUT2D eigenvalue weighted by Crippen LogP contribution is 2.47. The molecule has 0 spiro atoms. The highest BCUT2D eigenvalue weighted by atomic mass is 16.5. The van der Waals surface area contributed by atoms with Crippen molar-refractivity contribution in [1.29, 1.82) is 0 Å². The van der Waals surface area contributed by atoms with Crippen molar-refractivity contribution in [3.8, 4) is 0 Å². The summed E-state index contributed by atoms with van der Waals surface area (Å²) in [6, 6.07) is 2.47. The second kappa shape index (κ2) is 5.15. The van der Waals surface area contributed by atoms with Gasteiger partial charge in [0.15, 0.2) is 0 Å². The zero-order valence-corrected chi connectivity index (χ0v) is 13.9. The predicted molar refractivity (Wildman–Crippen MR) is 81.7 cm³/mol. The van der Waals surface area contributed by atoms with Crippen LogP contribution in [0.5, 0.6) is 0 Å². The van der Waals surface area contributed by atoms with Crippen LogP contribution in [0.4, 0.5) is 0 Å². The largest absolute Gasteiger partial charge is 0.369 e. The molecule has 2 unspecified atom stereocenters. The Bertz CT molecular complexity index is 476. The van der Waals surface area contributed by atoms with Crippen LogP contribution in [0.2, 0.25) is 0 Å². The van der Waals surface area contributed by atoms with Gasteiger partial charge in [0.05, 0.1) is 28.6 Å². The van der Waals surface area contributed by atoms with Gasteiger partial charge in [-0.25, -0.2) is 0 Å². The average molecular weight is 279 g/mol. The number of nitrogens with zero attached hydrogens (tertiary/aromatic N) is 2. The van der Waals surface area contributed by atoms with E-state index in [9.17, 15) is 0 Å². The fraction of sp³-hybridized carbons (Fsp3) is 0.812. The molecule has 0 aliphatic carbocycles. The lowest BCUT2D eigenvalue weighted by Gasteiger charge is -2.33. The Morgan fingerprint density at radius 3 is 2.50 bits per heavy atom. The molecule has 1 saturated heterocycles. The molecule has 114 valence electrons. The third kappa shape index (κ3) is 2.91. The first-order valence-electron chi connectivity index (χ1n) is 7.60. The number of hydrogen-bond acceptors (Lipinski definition) is 3. The van der Waals surface area contributed by atoms with Crippen molar-refractivity contribution in [2.45, 2.75) is 65.2 Å². The molecule has 1 fully saturated rings. The number of hydrogen-bond donors (Lipinski definition) is 1. The quantitative estimate of drug-likeness (QED) is 0.921. The summed E-state index contributed by atoms with van der Waals surface area (Å²) in [7, 11) is 2.03. The van der Waals surface area contributed by atoms with E-state index in [2.05, 4.69) is 51.1 Å². The monoisotopic (exact) mass is 279 g/mol. The smallest absolute Gasteiger partial charge is 0.0681 e. The summed E-state index contributed by atoms with van der Waals surface area (Å²) in [6.07, 6.45) is 1.06. The molecule has 0 bridgehead atoms. The standard InChI is InChI=1S/C16H29N3O/c1-8-17-14(13-9-11(2)18-19(13)7)12-10-15(3,4)20-16(12,5)6/h9,12,14,17H,8,10H2,1-7H3. The molecule has 1 aromatic rings. The molecule has 2 rings (SSSR count). The second-order valence-electron chi connectivity index (χ2n) is 7.15. The van der Waals surface area contributed by atoms with Crippen LogP contribution < -0.4 is 5.32 Å². The zero-order valence-electron chi connectivity index (χ0n) is 13.9. The molecule has 0 saturated carbocycles. The van der Waals surface area contributed by atoms with E-state index in [4.69, 9.17) is 4.74 Å². The molecule has 2 atom stereocenters. The molecule has 1 N–H and O–H groups in total. The molecule has 1 aromatic heterocycles. The minimum Gasteiger partial charge on any atom is -0.369 e. The second-order valence-corrected chi connectivity index (χ2v) is 7.15. The Balaban J connectivity index is 2.36. The number of ether oxygens (including phenoxy) is 1. The van der Waals surface area contributed by atoms with Crippen LogP contribution in [0, 0.1) is 12.8 Å². The van der Waals surface area contributed by atoms with E-state index in [0.29, 0.717) is 5.92 Å². The maximum absolute atomic E-state index is 6.27. The van der Waals surface area contributed by atoms with Gasteiger partial charge in [-0.2, -0.15) is 5.10 Å². The van der Waals surface area contributed by atoms with Crippen molar-refractivity contribution in [1.82, 2.24) is 15.1 Å². The highest BCUT2D eigenvalue weighted by molar-refractivity contribution is 5.17. The summed E-state index contributed by atoms with van der Waals surface area (Å²) in [5.74, 6) is 0.437. The average Bonchev–Trinajstić information content (AvgIpc) is 2.71. The summed E-state index contributed by atoms with van der Waals surface area (Å²) in [5, 5.41) is 8.15. The molecular weight excluding hydrogens is 250 g/mol.